The third-order valence-corrected chi connectivity index (χ3v) is 3.67. The minimum absolute atomic E-state index is 0.186. The van der Waals surface area contributed by atoms with E-state index in [1.54, 1.807) is 12.1 Å². The van der Waals surface area contributed by atoms with E-state index in [0.717, 1.165) is 5.56 Å². The summed E-state index contributed by atoms with van der Waals surface area (Å²) in [6, 6.07) is 6.50. The third kappa shape index (κ3) is 5.22. The van der Waals surface area contributed by atoms with Crippen LogP contribution in [0.25, 0.3) is 0 Å². The molecule has 1 aromatic carbocycles. The van der Waals surface area contributed by atoms with Gasteiger partial charge < -0.3 is 9.84 Å². The summed E-state index contributed by atoms with van der Waals surface area (Å²) in [5, 5.41) is 8.94. The van der Waals surface area contributed by atoms with Gasteiger partial charge in [0, 0.05) is 6.54 Å². The maximum Gasteiger partial charge on any atom is 0.422 e. The van der Waals surface area contributed by atoms with Crippen LogP contribution in [-0.4, -0.2) is 41.8 Å². The molecule has 7 heteroatoms. The number of carbonyl (C=O) groups is 1. The fraction of sp³-hybridized carbons (Fsp3) is 0.533. The van der Waals surface area contributed by atoms with Crippen LogP contribution >= 0.6 is 0 Å². The van der Waals surface area contributed by atoms with E-state index < -0.39 is 18.8 Å². The first-order valence-corrected chi connectivity index (χ1v) is 7.07. The lowest BCUT2D eigenvalue weighted by molar-refractivity contribution is -0.153. The van der Waals surface area contributed by atoms with E-state index in [1.807, 2.05) is 0 Å². The summed E-state index contributed by atoms with van der Waals surface area (Å²) in [4.78, 5) is 13.0. The van der Waals surface area contributed by atoms with Crippen molar-refractivity contribution in [3.63, 3.8) is 0 Å². The minimum Gasteiger partial charge on any atom is -0.484 e. The van der Waals surface area contributed by atoms with Crippen molar-refractivity contribution in [3.05, 3.63) is 29.8 Å². The van der Waals surface area contributed by atoms with Gasteiger partial charge in [0.2, 0.25) is 0 Å². The molecule has 1 heterocycles. The molecule has 1 aliphatic rings. The first-order valence-electron chi connectivity index (χ1n) is 7.07. The van der Waals surface area contributed by atoms with Gasteiger partial charge in [-0.1, -0.05) is 12.1 Å². The van der Waals surface area contributed by atoms with Crippen LogP contribution in [0, 0.1) is 5.92 Å². The third-order valence-electron chi connectivity index (χ3n) is 3.67. The molecule has 0 saturated carbocycles. The highest BCUT2D eigenvalue weighted by Crippen LogP contribution is 2.21. The van der Waals surface area contributed by atoms with E-state index in [9.17, 15) is 18.0 Å². The Labute approximate surface area is 126 Å². The van der Waals surface area contributed by atoms with Crippen LogP contribution in [0.4, 0.5) is 13.2 Å². The van der Waals surface area contributed by atoms with Crippen molar-refractivity contribution in [3.8, 4) is 5.75 Å². The summed E-state index contributed by atoms with van der Waals surface area (Å²) in [5.41, 5.74) is 0.966. The lowest BCUT2D eigenvalue weighted by Gasteiger charge is -2.30. The molecule has 0 bridgehead atoms. The fourth-order valence-electron chi connectivity index (χ4n) is 2.45. The van der Waals surface area contributed by atoms with Crippen LogP contribution in [0.1, 0.15) is 18.4 Å². The van der Waals surface area contributed by atoms with Gasteiger partial charge >= 0.3 is 12.1 Å². The lowest BCUT2D eigenvalue weighted by Crippen LogP contribution is -2.35. The minimum atomic E-state index is -4.34. The second-order valence-corrected chi connectivity index (χ2v) is 5.44. The Kier molecular flexibility index (Phi) is 5.28. The van der Waals surface area contributed by atoms with Gasteiger partial charge in [-0.25, -0.2) is 0 Å². The zero-order valence-corrected chi connectivity index (χ0v) is 12.0. The summed E-state index contributed by atoms with van der Waals surface area (Å²) in [5.74, 6) is -0.828. The Morgan fingerprint density at radius 2 is 1.82 bits per heavy atom. The number of carboxylic acid groups (broad SMARTS) is 1. The Bertz CT molecular complexity index is 494. The molecule has 1 saturated heterocycles. The zero-order valence-electron chi connectivity index (χ0n) is 12.0. The topological polar surface area (TPSA) is 49.8 Å². The van der Waals surface area contributed by atoms with Crippen molar-refractivity contribution in [1.82, 2.24) is 4.90 Å². The normalized spacial score (nSPS) is 17.4. The molecule has 122 valence electrons. The Balaban J connectivity index is 1.81. The number of aliphatic carboxylic acids is 1. The van der Waals surface area contributed by atoms with Crippen LogP contribution in [0.15, 0.2) is 24.3 Å². The number of benzene rings is 1. The monoisotopic (exact) mass is 317 g/mol. The van der Waals surface area contributed by atoms with Crippen molar-refractivity contribution in [2.24, 2.45) is 5.92 Å². The van der Waals surface area contributed by atoms with Gasteiger partial charge in [-0.3, -0.25) is 9.69 Å². The Hall–Kier alpha value is -1.76. The van der Waals surface area contributed by atoms with Crippen LogP contribution in [0.3, 0.4) is 0 Å². The van der Waals surface area contributed by atoms with Crippen molar-refractivity contribution < 1.29 is 27.8 Å². The summed E-state index contributed by atoms with van der Waals surface area (Å²) >= 11 is 0. The molecule has 0 atom stereocenters. The molecule has 22 heavy (non-hydrogen) atoms. The molecule has 0 aliphatic carbocycles. The number of alkyl halides is 3. The van der Waals surface area contributed by atoms with Gasteiger partial charge in [-0.15, -0.1) is 0 Å². The molecular weight excluding hydrogens is 299 g/mol. The maximum absolute atomic E-state index is 12.0. The second kappa shape index (κ2) is 7.00. The molecular formula is C15H18F3NO3. The van der Waals surface area contributed by atoms with Gasteiger partial charge in [0.05, 0.1) is 5.92 Å². The number of rotatable bonds is 5. The van der Waals surface area contributed by atoms with Crippen LogP contribution in [0.2, 0.25) is 0 Å². The van der Waals surface area contributed by atoms with E-state index in [2.05, 4.69) is 9.64 Å². The van der Waals surface area contributed by atoms with E-state index >= 15 is 0 Å². The molecule has 1 aliphatic heterocycles. The van der Waals surface area contributed by atoms with Crippen molar-refractivity contribution in [2.45, 2.75) is 25.6 Å². The average Bonchev–Trinajstić information content (AvgIpc) is 2.46. The highest BCUT2D eigenvalue weighted by molar-refractivity contribution is 5.70. The van der Waals surface area contributed by atoms with Gasteiger partial charge in [0.15, 0.2) is 6.61 Å². The quantitative estimate of drug-likeness (QED) is 0.907. The highest BCUT2D eigenvalue weighted by atomic mass is 19.4. The number of carboxylic acids is 1. The molecule has 0 amide bonds. The van der Waals surface area contributed by atoms with Crippen LogP contribution < -0.4 is 4.74 Å². The smallest absolute Gasteiger partial charge is 0.422 e. The zero-order chi connectivity index (χ0) is 16.2. The number of ether oxygens (including phenoxy) is 1. The van der Waals surface area contributed by atoms with Crippen LogP contribution in [-0.2, 0) is 11.3 Å². The van der Waals surface area contributed by atoms with Crippen molar-refractivity contribution in [2.75, 3.05) is 19.7 Å². The molecule has 1 fully saturated rings. The molecule has 0 unspecified atom stereocenters. The Morgan fingerprint density at radius 1 is 1.23 bits per heavy atom. The predicted molar refractivity (Wildman–Crippen MR) is 73.6 cm³/mol. The Morgan fingerprint density at radius 3 is 2.32 bits per heavy atom. The van der Waals surface area contributed by atoms with Crippen LogP contribution in [0.5, 0.6) is 5.75 Å². The van der Waals surface area contributed by atoms with E-state index in [-0.39, 0.29) is 11.7 Å². The van der Waals surface area contributed by atoms with E-state index in [1.165, 1.54) is 12.1 Å². The SMILES string of the molecule is O=C(O)C1CCN(Cc2ccc(OCC(F)(F)F)cc2)CC1. The molecule has 4 nitrogen and oxygen atoms in total. The first kappa shape index (κ1) is 16.6. The number of hydrogen-bond acceptors (Lipinski definition) is 3. The summed E-state index contributed by atoms with van der Waals surface area (Å²) < 4.78 is 40.8. The number of piperidine rings is 1. The average molecular weight is 317 g/mol. The predicted octanol–water partition coefficient (Wildman–Crippen LogP) is 2.92. The molecule has 1 aromatic rings. The number of hydrogen-bond donors (Lipinski definition) is 1. The first-order chi connectivity index (χ1) is 10.3. The largest absolute Gasteiger partial charge is 0.484 e. The lowest BCUT2D eigenvalue weighted by atomic mass is 9.97. The van der Waals surface area contributed by atoms with Gasteiger partial charge in [0.25, 0.3) is 0 Å². The second-order valence-electron chi connectivity index (χ2n) is 5.44. The number of likely N-dealkylation sites (tertiary alicyclic amines) is 1. The summed E-state index contributed by atoms with van der Waals surface area (Å²) in [6.07, 6.45) is -3.09. The molecule has 1 N–H and O–H groups in total. The summed E-state index contributed by atoms with van der Waals surface area (Å²) in [6.45, 7) is 0.785. The van der Waals surface area contributed by atoms with Crippen molar-refractivity contribution in [1.29, 1.82) is 0 Å². The highest BCUT2D eigenvalue weighted by Gasteiger charge is 2.28. The molecule has 0 spiro atoms. The fourth-order valence-corrected chi connectivity index (χ4v) is 2.45. The molecule has 2 rings (SSSR count). The molecule has 0 radical (unpaired) electrons. The summed E-state index contributed by atoms with van der Waals surface area (Å²) in [7, 11) is 0. The number of nitrogens with zero attached hydrogens (tertiary/aromatic N) is 1. The van der Waals surface area contributed by atoms with Gasteiger partial charge in [0.1, 0.15) is 5.75 Å². The van der Waals surface area contributed by atoms with E-state index in [0.29, 0.717) is 32.5 Å². The van der Waals surface area contributed by atoms with E-state index in [4.69, 9.17) is 5.11 Å². The van der Waals surface area contributed by atoms with Gasteiger partial charge in [-0.2, -0.15) is 13.2 Å². The van der Waals surface area contributed by atoms with Crippen molar-refractivity contribution >= 4 is 5.97 Å². The number of halogens is 3. The molecule has 0 aromatic heterocycles. The van der Waals surface area contributed by atoms with Gasteiger partial charge in [-0.05, 0) is 43.6 Å². The standard InChI is InChI=1S/C15H18F3NO3/c16-15(17,18)10-22-13-3-1-11(2-4-13)9-19-7-5-12(6-8-19)14(20)21/h1-4,12H,5-10H2,(H,20,21). The maximum atomic E-state index is 12.0.